The Hall–Kier alpha value is -2.74. The highest BCUT2D eigenvalue weighted by molar-refractivity contribution is 5.69. The Morgan fingerprint density at radius 1 is 0.565 bits per heavy atom. The van der Waals surface area contributed by atoms with E-state index >= 15 is 0 Å². The first kappa shape index (κ1) is 15.2. The molecule has 23 heavy (non-hydrogen) atoms. The highest BCUT2D eigenvalue weighted by Gasteiger charge is 2.05. The van der Waals surface area contributed by atoms with Crippen LogP contribution in [0.3, 0.4) is 0 Å². The van der Waals surface area contributed by atoms with Crippen molar-refractivity contribution in [1.29, 1.82) is 0 Å². The predicted octanol–water partition coefficient (Wildman–Crippen LogP) is 6.30. The van der Waals surface area contributed by atoms with Gasteiger partial charge in [-0.1, -0.05) is 50.2 Å². The van der Waals surface area contributed by atoms with Crippen molar-refractivity contribution in [3.05, 3.63) is 84.4 Å². The van der Waals surface area contributed by atoms with Gasteiger partial charge in [0.15, 0.2) is 0 Å². The van der Waals surface area contributed by atoms with Gasteiger partial charge in [-0.25, -0.2) is 0 Å². The molecule has 0 bridgehead atoms. The molecule has 0 aromatic heterocycles. The summed E-state index contributed by atoms with van der Waals surface area (Å²) in [5.74, 6) is 0.476. The van der Waals surface area contributed by atoms with Crippen LogP contribution in [0.15, 0.2) is 78.9 Å². The summed E-state index contributed by atoms with van der Waals surface area (Å²) in [6, 6.07) is 27.1. The minimum Gasteiger partial charge on any atom is -0.355 e. The first-order chi connectivity index (χ1) is 11.2. The minimum absolute atomic E-state index is 0.476. The number of hydrogen-bond acceptors (Lipinski definition) is 2. The maximum atomic E-state index is 3.49. The van der Waals surface area contributed by atoms with Crippen LogP contribution in [0.5, 0.6) is 0 Å². The van der Waals surface area contributed by atoms with E-state index in [-0.39, 0.29) is 0 Å². The molecule has 0 aliphatic carbocycles. The molecule has 2 nitrogen and oxygen atoms in total. The maximum absolute atomic E-state index is 3.49. The van der Waals surface area contributed by atoms with Crippen LogP contribution < -0.4 is 10.6 Å². The van der Waals surface area contributed by atoms with Crippen LogP contribution in [0.25, 0.3) is 0 Å². The number of benzene rings is 3. The molecule has 2 heteroatoms. The summed E-state index contributed by atoms with van der Waals surface area (Å²) in [5.41, 5.74) is 5.70. The van der Waals surface area contributed by atoms with Crippen LogP contribution in [0.1, 0.15) is 25.3 Å². The first-order valence-electron chi connectivity index (χ1n) is 8.00. The predicted molar refractivity (Wildman–Crippen MR) is 100.0 cm³/mol. The lowest BCUT2D eigenvalue weighted by Crippen LogP contribution is -1.97. The Bertz CT molecular complexity index is 690. The maximum Gasteiger partial charge on any atom is 0.0407 e. The Labute approximate surface area is 138 Å². The summed E-state index contributed by atoms with van der Waals surface area (Å²) < 4.78 is 0. The highest BCUT2D eigenvalue weighted by atomic mass is 14.9. The lowest BCUT2D eigenvalue weighted by atomic mass is 10.0. The number of rotatable bonds is 5. The van der Waals surface area contributed by atoms with Gasteiger partial charge in [0, 0.05) is 22.7 Å². The van der Waals surface area contributed by atoms with Gasteiger partial charge in [0.05, 0.1) is 0 Å². The van der Waals surface area contributed by atoms with Gasteiger partial charge >= 0.3 is 0 Å². The van der Waals surface area contributed by atoms with Gasteiger partial charge in [-0.3, -0.25) is 0 Å². The summed E-state index contributed by atoms with van der Waals surface area (Å²) in [7, 11) is 0. The summed E-state index contributed by atoms with van der Waals surface area (Å²) in [5, 5.41) is 6.97. The third-order valence-electron chi connectivity index (χ3n) is 3.75. The van der Waals surface area contributed by atoms with Gasteiger partial charge in [-0.2, -0.15) is 0 Å². The Morgan fingerprint density at radius 2 is 1.00 bits per heavy atom. The van der Waals surface area contributed by atoms with E-state index in [1.165, 1.54) is 5.56 Å². The molecule has 0 aliphatic heterocycles. The summed E-state index contributed by atoms with van der Waals surface area (Å²) >= 11 is 0. The zero-order valence-corrected chi connectivity index (χ0v) is 13.6. The smallest absolute Gasteiger partial charge is 0.0407 e. The fourth-order valence-electron chi connectivity index (χ4n) is 2.51. The summed E-state index contributed by atoms with van der Waals surface area (Å²) in [6.45, 7) is 4.43. The number of hydrogen-bond donors (Lipinski definition) is 2. The van der Waals surface area contributed by atoms with Crippen LogP contribution in [0.2, 0.25) is 0 Å². The molecule has 3 aromatic carbocycles. The lowest BCUT2D eigenvalue weighted by molar-refractivity contribution is 0.867. The van der Waals surface area contributed by atoms with Crippen molar-refractivity contribution >= 4 is 22.7 Å². The van der Waals surface area contributed by atoms with Crippen molar-refractivity contribution in [3.8, 4) is 0 Å². The van der Waals surface area contributed by atoms with E-state index < -0.39 is 0 Å². The second-order valence-electron chi connectivity index (χ2n) is 5.98. The zero-order valence-electron chi connectivity index (χ0n) is 13.6. The van der Waals surface area contributed by atoms with E-state index in [0.717, 1.165) is 22.7 Å². The van der Waals surface area contributed by atoms with E-state index in [1.807, 2.05) is 36.4 Å². The van der Waals surface area contributed by atoms with Gasteiger partial charge in [-0.15, -0.1) is 0 Å². The van der Waals surface area contributed by atoms with Crippen LogP contribution in [0, 0.1) is 0 Å². The quantitative estimate of drug-likeness (QED) is 0.578. The fourth-order valence-corrected chi connectivity index (χ4v) is 2.51. The van der Waals surface area contributed by atoms with Crippen molar-refractivity contribution < 1.29 is 0 Å². The van der Waals surface area contributed by atoms with Gasteiger partial charge < -0.3 is 10.6 Å². The summed E-state index contributed by atoms with van der Waals surface area (Å²) in [4.78, 5) is 0. The SMILES string of the molecule is CC(C)c1cc(Nc2ccccc2)cc(Nc2ccccc2)c1. The number of anilines is 4. The van der Waals surface area contributed by atoms with Crippen molar-refractivity contribution in [1.82, 2.24) is 0 Å². The Morgan fingerprint density at radius 3 is 1.39 bits per heavy atom. The monoisotopic (exact) mass is 302 g/mol. The largest absolute Gasteiger partial charge is 0.355 e. The molecule has 2 N–H and O–H groups in total. The average molecular weight is 302 g/mol. The minimum atomic E-state index is 0.476. The number of nitrogens with one attached hydrogen (secondary N) is 2. The topological polar surface area (TPSA) is 24.1 Å². The molecule has 0 radical (unpaired) electrons. The first-order valence-corrected chi connectivity index (χ1v) is 8.00. The Kier molecular flexibility index (Phi) is 4.62. The zero-order chi connectivity index (χ0) is 16.1. The molecule has 0 saturated carbocycles. The second kappa shape index (κ2) is 7.01. The molecule has 0 atom stereocenters. The van der Waals surface area contributed by atoms with Crippen LogP contribution in [0.4, 0.5) is 22.7 Å². The normalized spacial score (nSPS) is 10.6. The van der Waals surface area contributed by atoms with Gasteiger partial charge in [0.2, 0.25) is 0 Å². The van der Waals surface area contributed by atoms with Crippen molar-refractivity contribution in [3.63, 3.8) is 0 Å². The van der Waals surface area contributed by atoms with Gasteiger partial charge in [0.1, 0.15) is 0 Å². The van der Waals surface area contributed by atoms with E-state index in [2.05, 4.69) is 66.9 Å². The van der Waals surface area contributed by atoms with Crippen LogP contribution in [-0.4, -0.2) is 0 Å². The van der Waals surface area contributed by atoms with E-state index in [0.29, 0.717) is 5.92 Å². The van der Waals surface area contributed by atoms with E-state index in [1.54, 1.807) is 0 Å². The van der Waals surface area contributed by atoms with Crippen molar-refractivity contribution in [2.75, 3.05) is 10.6 Å². The van der Waals surface area contributed by atoms with Gasteiger partial charge in [0.25, 0.3) is 0 Å². The number of para-hydroxylation sites is 2. The molecule has 3 rings (SSSR count). The molecule has 3 aromatic rings. The third kappa shape index (κ3) is 4.13. The van der Waals surface area contributed by atoms with Crippen molar-refractivity contribution in [2.45, 2.75) is 19.8 Å². The van der Waals surface area contributed by atoms with E-state index in [4.69, 9.17) is 0 Å². The molecular formula is C21H22N2. The van der Waals surface area contributed by atoms with Crippen LogP contribution in [-0.2, 0) is 0 Å². The molecule has 0 aliphatic rings. The molecule has 0 fully saturated rings. The molecule has 0 amide bonds. The van der Waals surface area contributed by atoms with Gasteiger partial charge in [-0.05, 0) is 53.9 Å². The van der Waals surface area contributed by atoms with Crippen molar-refractivity contribution in [2.24, 2.45) is 0 Å². The molecule has 0 heterocycles. The third-order valence-corrected chi connectivity index (χ3v) is 3.75. The molecule has 0 unspecified atom stereocenters. The highest BCUT2D eigenvalue weighted by Crippen LogP contribution is 2.28. The fraction of sp³-hybridized carbons (Fsp3) is 0.143. The standard InChI is InChI=1S/C21H22N2/c1-16(2)17-13-20(22-18-9-5-3-6-10-18)15-21(14-17)23-19-11-7-4-8-12-19/h3-16,22-23H,1-2H3. The lowest BCUT2D eigenvalue weighted by Gasteiger charge is -2.15. The average Bonchev–Trinajstić information content (AvgIpc) is 2.56. The molecule has 0 spiro atoms. The molecular weight excluding hydrogens is 280 g/mol. The summed E-state index contributed by atoms with van der Waals surface area (Å²) in [6.07, 6.45) is 0. The molecule has 116 valence electrons. The van der Waals surface area contributed by atoms with E-state index in [9.17, 15) is 0 Å². The Balaban J connectivity index is 1.90. The van der Waals surface area contributed by atoms with Crippen LogP contribution >= 0.6 is 0 Å². The molecule has 0 saturated heterocycles. The second-order valence-corrected chi connectivity index (χ2v) is 5.98.